The van der Waals surface area contributed by atoms with Gasteiger partial charge in [0.05, 0.1) is 28.7 Å². The van der Waals surface area contributed by atoms with Crippen molar-refractivity contribution in [1.29, 1.82) is 0 Å². The lowest BCUT2D eigenvalue weighted by Crippen LogP contribution is -2.38. The van der Waals surface area contributed by atoms with E-state index < -0.39 is 4.92 Å². The molecule has 0 aromatic carbocycles. The van der Waals surface area contributed by atoms with Crippen LogP contribution in [0, 0.1) is 10.1 Å². The van der Waals surface area contributed by atoms with Crippen molar-refractivity contribution in [3.05, 3.63) is 26.9 Å². The average Bonchev–Trinajstić information content (AvgIpc) is 2.45. The van der Waals surface area contributed by atoms with E-state index in [2.05, 4.69) is 25.8 Å². The third-order valence-corrected chi connectivity index (χ3v) is 3.79. The van der Waals surface area contributed by atoms with Gasteiger partial charge in [-0.2, -0.15) is 0 Å². The van der Waals surface area contributed by atoms with Crippen molar-refractivity contribution in [3.63, 3.8) is 0 Å². The van der Waals surface area contributed by atoms with Gasteiger partial charge in [-0.15, -0.1) is 0 Å². The third kappa shape index (κ3) is 3.65. The molecule has 1 aromatic heterocycles. The van der Waals surface area contributed by atoms with Crippen molar-refractivity contribution in [1.82, 2.24) is 4.98 Å². The molecule has 2 heterocycles. The Morgan fingerprint density at radius 3 is 2.80 bits per heavy atom. The standard InChI is InChI=1S/C12H16BrN3O4/c13-11-7-9(16(18)19)8-14-12(11)15-3-1-10(2-4-15)20-6-5-17/h7-8,10,17H,1-6H2. The van der Waals surface area contributed by atoms with E-state index >= 15 is 0 Å². The van der Waals surface area contributed by atoms with Crippen molar-refractivity contribution in [3.8, 4) is 0 Å². The highest BCUT2D eigenvalue weighted by atomic mass is 79.9. The summed E-state index contributed by atoms with van der Waals surface area (Å²) in [5.74, 6) is 0.719. The second-order valence-electron chi connectivity index (χ2n) is 4.54. The molecule has 1 aliphatic heterocycles. The summed E-state index contributed by atoms with van der Waals surface area (Å²) in [7, 11) is 0. The summed E-state index contributed by atoms with van der Waals surface area (Å²) in [6.07, 6.45) is 3.14. The first-order valence-corrected chi connectivity index (χ1v) is 7.18. The molecule has 1 fully saturated rings. The molecule has 0 aliphatic carbocycles. The maximum absolute atomic E-state index is 10.7. The number of ether oxygens (including phenoxy) is 1. The minimum absolute atomic E-state index is 0.0261. The summed E-state index contributed by atoms with van der Waals surface area (Å²) < 4.78 is 6.13. The molecule has 0 atom stereocenters. The molecule has 1 aromatic rings. The SMILES string of the molecule is O=[N+]([O-])c1cnc(N2CCC(OCCO)CC2)c(Br)c1. The summed E-state index contributed by atoms with van der Waals surface area (Å²) in [5.41, 5.74) is -0.0261. The molecule has 0 unspecified atom stereocenters. The molecule has 0 saturated carbocycles. The fraction of sp³-hybridized carbons (Fsp3) is 0.583. The topological polar surface area (TPSA) is 88.7 Å². The van der Waals surface area contributed by atoms with Crippen molar-refractivity contribution in [2.45, 2.75) is 18.9 Å². The van der Waals surface area contributed by atoms with E-state index in [0.29, 0.717) is 11.1 Å². The van der Waals surface area contributed by atoms with Gasteiger partial charge in [-0.05, 0) is 28.8 Å². The molecule has 0 spiro atoms. The Morgan fingerprint density at radius 2 is 2.25 bits per heavy atom. The Morgan fingerprint density at radius 1 is 1.55 bits per heavy atom. The van der Waals surface area contributed by atoms with Gasteiger partial charge in [-0.3, -0.25) is 10.1 Å². The van der Waals surface area contributed by atoms with Gasteiger partial charge in [-0.25, -0.2) is 4.98 Å². The van der Waals surface area contributed by atoms with Crippen LogP contribution in [-0.4, -0.2) is 47.4 Å². The van der Waals surface area contributed by atoms with E-state index in [1.54, 1.807) is 0 Å². The number of aromatic nitrogens is 1. The smallest absolute Gasteiger partial charge is 0.288 e. The molecular weight excluding hydrogens is 330 g/mol. The van der Waals surface area contributed by atoms with E-state index in [-0.39, 0.29) is 18.4 Å². The van der Waals surface area contributed by atoms with Crippen LogP contribution < -0.4 is 4.90 Å². The zero-order chi connectivity index (χ0) is 14.5. The van der Waals surface area contributed by atoms with Gasteiger partial charge in [-0.1, -0.05) is 0 Å². The number of aliphatic hydroxyl groups excluding tert-OH is 1. The molecule has 8 heteroatoms. The molecule has 0 amide bonds. The van der Waals surface area contributed by atoms with E-state index in [1.165, 1.54) is 12.3 Å². The molecule has 0 radical (unpaired) electrons. The van der Waals surface area contributed by atoms with Crippen LogP contribution in [0.5, 0.6) is 0 Å². The number of pyridine rings is 1. The number of rotatable bonds is 5. The number of hydrogen-bond acceptors (Lipinski definition) is 6. The van der Waals surface area contributed by atoms with Gasteiger partial charge in [0.2, 0.25) is 0 Å². The highest BCUT2D eigenvalue weighted by Gasteiger charge is 2.23. The van der Waals surface area contributed by atoms with Gasteiger partial charge in [0, 0.05) is 19.2 Å². The summed E-state index contributed by atoms with van der Waals surface area (Å²) >= 11 is 3.34. The highest BCUT2D eigenvalue weighted by Crippen LogP contribution is 2.29. The first kappa shape index (κ1) is 15.1. The zero-order valence-electron chi connectivity index (χ0n) is 10.9. The van der Waals surface area contributed by atoms with E-state index in [1.807, 2.05) is 0 Å². The van der Waals surface area contributed by atoms with E-state index in [4.69, 9.17) is 9.84 Å². The predicted octanol–water partition coefficient (Wildman–Crippen LogP) is 1.73. The van der Waals surface area contributed by atoms with Gasteiger partial charge in [0.25, 0.3) is 5.69 Å². The van der Waals surface area contributed by atoms with Crippen LogP contribution in [0.3, 0.4) is 0 Å². The predicted molar refractivity (Wildman–Crippen MR) is 76.9 cm³/mol. The lowest BCUT2D eigenvalue weighted by Gasteiger charge is -2.33. The number of anilines is 1. The second kappa shape index (κ2) is 6.96. The lowest BCUT2D eigenvalue weighted by atomic mass is 10.1. The fourth-order valence-corrected chi connectivity index (χ4v) is 2.79. The van der Waals surface area contributed by atoms with Gasteiger partial charge in [0.15, 0.2) is 0 Å². The van der Waals surface area contributed by atoms with Crippen LogP contribution >= 0.6 is 15.9 Å². The van der Waals surface area contributed by atoms with Crippen LogP contribution in [0.25, 0.3) is 0 Å². The Kier molecular flexibility index (Phi) is 5.27. The quantitative estimate of drug-likeness (QED) is 0.645. The Hall–Kier alpha value is -1.25. The minimum atomic E-state index is -0.462. The van der Waals surface area contributed by atoms with Crippen LogP contribution in [0.2, 0.25) is 0 Å². The van der Waals surface area contributed by atoms with Crippen LogP contribution in [0.15, 0.2) is 16.7 Å². The number of nitrogens with zero attached hydrogens (tertiary/aromatic N) is 3. The zero-order valence-corrected chi connectivity index (χ0v) is 12.5. The molecule has 1 N–H and O–H groups in total. The molecular formula is C12H16BrN3O4. The molecule has 2 rings (SSSR count). The summed E-state index contributed by atoms with van der Waals surface area (Å²) in [6, 6.07) is 1.47. The van der Waals surface area contributed by atoms with Crippen LogP contribution in [0.1, 0.15) is 12.8 Å². The number of aliphatic hydroxyl groups is 1. The molecule has 1 aliphatic rings. The molecule has 0 bridgehead atoms. The van der Waals surface area contributed by atoms with E-state index in [0.717, 1.165) is 31.7 Å². The third-order valence-electron chi connectivity index (χ3n) is 3.20. The number of piperidine rings is 1. The van der Waals surface area contributed by atoms with Gasteiger partial charge < -0.3 is 14.7 Å². The van der Waals surface area contributed by atoms with Crippen molar-refractivity contribution in [2.75, 3.05) is 31.2 Å². The highest BCUT2D eigenvalue weighted by molar-refractivity contribution is 9.10. The number of hydrogen-bond donors (Lipinski definition) is 1. The lowest BCUT2D eigenvalue weighted by molar-refractivity contribution is -0.385. The van der Waals surface area contributed by atoms with Crippen molar-refractivity contribution in [2.24, 2.45) is 0 Å². The Bertz CT molecular complexity index is 478. The first-order valence-electron chi connectivity index (χ1n) is 6.39. The summed E-state index contributed by atoms with van der Waals surface area (Å²) in [6.45, 7) is 1.96. The summed E-state index contributed by atoms with van der Waals surface area (Å²) in [4.78, 5) is 16.5. The number of nitro groups is 1. The molecule has 110 valence electrons. The molecule has 7 nitrogen and oxygen atoms in total. The van der Waals surface area contributed by atoms with Crippen LogP contribution in [0.4, 0.5) is 11.5 Å². The Labute approximate surface area is 124 Å². The van der Waals surface area contributed by atoms with Gasteiger partial charge in [0.1, 0.15) is 12.0 Å². The normalized spacial score (nSPS) is 16.4. The fourth-order valence-electron chi connectivity index (χ4n) is 2.21. The number of halogens is 1. The minimum Gasteiger partial charge on any atom is -0.394 e. The maximum atomic E-state index is 10.7. The van der Waals surface area contributed by atoms with E-state index in [9.17, 15) is 10.1 Å². The average molecular weight is 346 g/mol. The van der Waals surface area contributed by atoms with Gasteiger partial charge >= 0.3 is 0 Å². The largest absolute Gasteiger partial charge is 0.394 e. The molecule has 1 saturated heterocycles. The molecule has 20 heavy (non-hydrogen) atoms. The first-order chi connectivity index (χ1) is 9.61. The van der Waals surface area contributed by atoms with Crippen molar-refractivity contribution < 1.29 is 14.8 Å². The monoisotopic (exact) mass is 345 g/mol. The Balaban J connectivity index is 1.98. The van der Waals surface area contributed by atoms with Crippen LogP contribution in [-0.2, 0) is 4.74 Å². The second-order valence-corrected chi connectivity index (χ2v) is 5.39. The maximum Gasteiger partial charge on any atom is 0.288 e. The summed E-state index contributed by atoms with van der Waals surface area (Å²) in [5, 5.41) is 19.4. The van der Waals surface area contributed by atoms with Crippen molar-refractivity contribution >= 4 is 27.4 Å².